The van der Waals surface area contributed by atoms with Crippen molar-refractivity contribution in [2.24, 2.45) is 0 Å². The van der Waals surface area contributed by atoms with Crippen LogP contribution < -0.4 is 0 Å². The van der Waals surface area contributed by atoms with E-state index in [0.29, 0.717) is 0 Å². The van der Waals surface area contributed by atoms with Crippen LogP contribution in [0.3, 0.4) is 0 Å². The van der Waals surface area contributed by atoms with Crippen LogP contribution in [0.5, 0.6) is 0 Å². The maximum absolute atomic E-state index is 14.6. The summed E-state index contributed by atoms with van der Waals surface area (Å²) >= 11 is 13.4. The summed E-state index contributed by atoms with van der Waals surface area (Å²) in [6.45, 7) is 0. The number of carbonyl (C=O) groups is 4. The summed E-state index contributed by atoms with van der Waals surface area (Å²) in [5.74, 6) is -2.65. The molecule has 4 aromatic carbocycles. The minimum absolute atomic E-state index is 0.0901. The first-order chi connectivity index (χ1) is 17.4. The molecule has 0 saturated heterocycles. The number of rotatable bonds is 3. The molecular weight excluding hydrogens is 495 g/mol. The molecule has 0 heterocycles. The van der Waals surface area contributed by atoms with Crippen molar-refractivity contribution in [3.8, 4) is 0 Å². The third-order valence-corrected chi connectivity index (χ3v) is 7.97. The molecule has 4 nitrogen and oxygen atoms in total. The van der Waals surface area contributed by atoms with Crippen LogP contribution in [0.15, 0.2) is 97.1 Å². The Morgan fingerprint density at radius 1 is 0.389 bits per heavy atom. The van der Waals surface area contributed by atoms with Crippen LogP contribution in [0.2, 0.25) is 10.0 Å². The highest BCUT2D eigenvalue weighted by molar-refractivity contribution is 6.47. The molecule has 0 fully saturated rings. The summed E-state index contributed by atoms with van der Waals surface area (Å²) in [4.78, 5) is 58.3. The van der Waals surface area contributed by atoms with Crippen LogP contribution in [0.4, 0.5) is 0 Å². The molecular formula is C30H16Cl2O4. The van der Waals surface area contributed by atoms with Gasteiger partial charge in [0.15, 0.2) is 23.1 Å². The monoisotopic (exact) mass is 510 g/mol. The van der Waals surface area contributed by atoms with Gasteiger partial charge in [-0.15, -0.1) is 0 Å². The lowest BCUT2D eigenvalue weighted by atomic mass is 9.52. The molecule has 2 aliphatic rings. The molecule has 0 amide bonds. The van der Waals surface area contributed by atoms with Gasteiger partial charge in [-0.3, -0.25) is 19.2 Å². The van der Waals surface area contributed by atoms with Crippen molar-refractivity contribution in [1.82, 2.24) is 0 Å². The van der Waals surface area contributed by atoms with Crippen molar-refractivity contribution >= 4 is 46.3 Å². The first kappa shape index (κ1) is 22.6. The number of hydrogen-bond donors (Lipinski definition) is 0. The van der Waals surface area contributed by atoms with Crippen molar-refractivity contribution in [2.45, 2.75) is 10.8 Å². The maximum Gasteiger partial charge on any atom is 0.183 e. The summed E-state index contributed by atoms with van der Waals surface area (Å²) < 4.78 is 0. The second-order valence-corrected chi connectivity index (χ2v) is 9.68. The minimum atomic E-state index is -2.30. The highest BCUT2D eigenvalue weighted by Gasteiger charge is 2.75. The molecule has 0 atom stereocenters. The van der Waals surface area contributed by atoms with E-state index in [1.165, 1.54) is 36.4 Å². The summed E-state index contributed by atoms with van der Waals surface area (Å²) in [5, 5.41) is 0.185. The zero-order valence-corrected chi connectivity index (χ0v) is 20.1. The van der Waals surface area contributed by atoms with Gasteiger partial charge in [0, 0.05) is 32.3 Å². The van der Waals surface area contributed by atoms with Gasteiger partial charge in [0.25, 0.3) is 0 Å². The van der Waals surface area contributed by atoms with Crippen LogP contribution in [0.1, 0.15) is 52.6 Å². The van der Waals surface area contributed by atoms with E-state index >= 15 is 0 Å². The van der Waals surface area contributed by atoms with Gasteiger partial charge in [0.2, 0.25) is 0 Å². The van der Waals surface area contributed by atoms with Crippen molar-refractivity contribution < 1.29 is 19.2 Å². The van der Waals surface area contributed by atoms with Gasteiger partial charge < -0.3 is 0 Å². The topological polar surface area (TPSA) is 68.3 Å². The molecule has 0 bridgehead atoms. The predicted molar refractivity (Wildman–Crippen MR) is 136 cm³/mol. The molecule has 2 aliphatic carbocycles. The molecule has 0 N–H and O–H groups in total. The Hall–Kier alpha value is -3.86. The zero-order chi connectivity index (χ0) is 25.2. The molecule has 36 heavy (non-hydrogen) atoms. The third-order valence-electron chi connectivity index (χ3n) is 7.31. The molecule has 0 aromatic heterocycles. The Bertz CT molecular complexity index is 1460. The number of benzene rings is 4. The van der Waals surface area contributed by atoms with E-state index < -0.39 is 34.0 Å². The SMILES string of the molecule is O=C1c2ccccc2C(=O)C1(c1ccccc1Cl)C1(c2ccccc2Cl)C(=O)c2ccccc2C1=O. The van der Waals surface area contributed by atoms with E-state index in [0.717, 1.165) is 0 Å². The van der Waals surface area contributed by atoms with Crippen LogP contribution in [-0.2, 0) is 10.8 Å². The second kappa shape index (κ2) is 7.82. The number of Topliss-reactive ketones (excluding diaryl/α,β-unsaturated/α-hetero) is 4. The van der Waals surface area contributed by atoms with Crippen molar-refractivity contribution in [3.63, 3.8) is 0 Å². The Morgan fingerprint density at radius 3 is 0.917 bits per heavy atom. The molecule has 6 heteroatoms. The fraction of sp³-hybridized carbons (Fsp3) is 0.0667. The largest absolute Gasteiger partial charge is 0.293 e. The number of carbonyl (C=O) groups excluding carboxylic acids is 4. The molecule has 174 valence electrons. The van der Waals surface area contributed by atoms with Crippen molar-refractivity contribution in [3.05, 3.63) is 140 Å². The van der Waals surface area contributed by atoms with E-state index in [2.05, 4.69) is 0 Å². The Balaban J connectivity index is 1.86. The summed E-state index contributed by atoms with van der Waals surface area (Å²) in [6, 6.07) is 25.4. The number of hydrogen-bond acceptors (Lipinski definition) is 4. The maximum atomic E-state index is 14.6. The molecule has 4 aromatic rings. The van der Waals surface area contributed by atoms with E-state index in [1.807, 2.05) is 0 Å². The average molecular weight is 511 g/mol. The smallest absolute Gasteiger partial charge is 0.183 e. The van der Waals surface area contributed by atoms with E-state index in [9.17, 15) is 19.2 Å². The van der Waals surface area contributed by atoms with Gasteiger partial charge in [-0.25, -0.2) is 0 Å². The normalized spacial score (nSPS) is 17.3. The second-order valence-electron chi connectivity index (χ2n) is 8.87. The number of ketones is 4. The van der Waals surface area contributed by atoms with Crippen LogP contribution >= 0.6 is 23.2 Å². The highest BCUT2D eigenvalue weighted by atomic mass is 35.5. The fourth-order valence-corrected chi connectivity index (χ4v) is 6.43. The van der Waals surface area contributed by atoms with Gasteiger partial charge in [0.05, 0.1) is 0 Å². The standard InChI is InChI=1S/C30H16Cl2O4/c31-23-15-7-5-13-21(23)29(25(33)17-9-1-2-10-18(17)26(29)34)30(22-14-6-8-16-24(22)32)27(35)19-11-3-4-12-20(19)28(30)36/h1-16H. The van der Waals surface area contributed by atoms with Gasteiger partial charge in [-0.05, 0) is 23.3 Å². The lowest BCUT2D eigenvalue weighted by Crippen LogP contribution is -2.62. The lowest BCUT2D eigenvalue weighted by molar-refractivity contribution is 0.0558. The quantitative estimate of drug-likeness (QED) is 0.302. The number of halogens is 2. The van der Waals surface area contributed by atoms with E-state index in [4.69, 9.17) is 23.2 Å². The predicted octanol–water partition coefficient (Wildman–Crippen LogP) is 6.33. The molecule has 0 saturated carbocycles. The summed E-state index contributed by atoms with van der Waals surface area (Å²) in [5.41, 5.74) is -3.90. The van der Waals surface area contributed by atoms with Gasteiger partial charge in [-0.1, -0.05) is 108 Å². The zero-order valence-electron chi connectivity index (χ0n) is 18.6. The first-order valence-electron chi connectivity index (χ1n) is 11.3. The van der Waals surface area contributed by atoms with Gasteiger partial charge in [-0.2, -0.15) is 0 Å². The van der Waals surface area contributed by atoms with Crippen molar-refractivity contribution in [2.75, 3.05) is 0 Å². The van der Waals surface area contributed by atoms with Gasteiger partial charge >= 0.3 is 0 Å². The molecule has 6 rings (SSSR count). The Labute approximate surface area is 216 Å². The van der Waals surface area contributed by atoms with Crippen LogP contribution in [-0.4, -0.2) is 23.1 Å². The van der Waals surface area contributed by atoms with E-state index in [1.54, 1.807) is 60.7 Å². The molecule has 0 aliphatic heterocycles. The summed E-state index contributed by atoms with van der Waals surface area (Å²) in [6.07, 6.45) is 0. The number of fused-ring (bicyclic) bond motifs is 2. The van der Waals surface area contributed by atoms with Gasteiger partial charge in [0.1, 0.15) is 10.8 Å². The van der Waals surface area contributed by atoms with Crippen molar-refractivity contribution in [1.29, 1.82) is 0 Å². The Kier molecular flexibility index (Phi) is 4.91. The lowest BCUT2D eigenvalue weighted by Gasteiger charge is -2.42. The average Bonchev–Trinajstić information content (AvgIpc) is 3.26. The third kappa shape index (κ3) is 2.50. The van der Waals surface area contributed by atoms with Crippen LogP contribution in [0.25, 0.3) is 0 Å². The first-order valence-corrected chi connectivity index (χ1v) is 12.0. The molecule has 0 unspecified atom stereocenters. The Morgan fingerprint density at radius 2 is 0.639 bits per heavy atom. The van der Waals surface area contributed by atoms with Crippen LogP contribution in [0, 0.1) is 0 Å². The highest BCUT2D eigenvalue weighted by Crippen LogP contribution is 2.59. The molecule has 0 spiro atoms. The molecule has 0 radical (unpaired) electrons. The minimum Gasteiger partial charge on any atom is -0.293 e. The van der Waals surface area contributed by atoms with E-state index in [-0.39, 0.29) is 43.4 Å². The summed E-state index contributed by atoms with van der Waals surface area (Å²) in [7, 11) is 0. The fourth-order valence-electron chi connectivity index (χ4n) is 5.88.